The number of halogens is 1. The molecule has 0 spiro atoms. The largest absolute Gasteiger partial charge is 0.495 e. The number of hydrogen-bond donors (Lipinski definition) is 2. The third-order valence-corrected chi connectivity index (χ3v) is 4.23. The van der Waals surface area contributed by atoms with Crippen LogP contribution >= 0.6 is 11.6 Å². The second-order valence-electron chi connectivity index (χ2n) is 5.89. The van der Waals surface area contributed by atoms with E-state index in [0.29, 0.717) is 22.0 Å². The molecule has 5 nitrogen and oxygen atoms in total. The summed E-state index contributed by atoms with van der Waals surface area (Å²) in [5, 5.41) is 6.56. The SMILES string of the molecule is COc1ccc(Cl)cc1NC(=O)c1ccc(NCCc2ccccc2)nc1. The third kappa shape index (κ3) is 5.21. The predicted octanol–water partition coefficient (Wildman–Crippen LogP) is 4.65. The molecule has 0 radical (unpaired) electrons. The van der Waals surface area contributed by atoms with Crippen LogP contribution in [0.5, 0.6) is 5.75 Å². The summed E-state index contributed by atoms with van der Waals surface area (Å²) in [6.45, 7) is 0.766. The summed E-state index contributed by atoms with van der Waals surface area (Å²) in [5.74, 6) is 0.988. The maximum atomic E-state index is 12.4. The quantitative estimate of drug-likeness (QED) is 0.625. The minimum atomic E-state index is -0.279. The van der Waals surface area contributed by atoms with Gasteiger partial charge in [0.1, 0.15) is 11.6 Å². The van der Waals surface area contributed by atoms with Crippen molar-refractivity contribution in [3.63, 3.8) is 0 Å². The average Bonchev–Trinajstić information content (AvgIpc) is 2.69. The molecule has 0 bridgehead atoms. The minimum Gasteiger partial charge on any atom is -0.495 e. The first kappa shape index (κ1) is 18.7. The van der Waals surface area contributed by atoms with Crippen molar-refractivity contribution in [2.45, 2.75) is 6.42 Å². The molecule has 1 heterocycles. The van der Waals surface area contributed by atoms with Gasteiger partial charge in [0.2, 0.25) is 0 Å². The van der Waals surface area contributed by atoms with Gasteiger partial charge in [-0.25, -0.2) is 4.98 Å². The summed E-state index contributed by atoms with van der Waals surface area (Å²) in [6.07, 6.45) is 2.44. The first-order chi connectivity index (χ1) is 13.2. The highest BCUT2D eigenvalue weighted by molar-refractivity contribution is 6.31. The van der Waals surface area contributed by atoms with Crippen LogP contribution in [0.4, 0.5) is 11.5 Å². The van der Waals surface area contributed by atoms with E-state index in [4.69, 9.17) is 16.3 Å². The van der Waals surface area contributed by atoms with Gasteiger partial charge in [0.25, 0.3) is 5.91 Å². The van der Waals surface area contributed by atoms with Gasteiger partial charge >= 0.3 is 0 Å². The zero-order chi connectivity index (χ0) is 19.1. The number of carbonyl (C=O) groups is 1. The fourth-order valence-electron chi connectivity index (χ4n) is 2.58. The molecule has 0 fully saturated rings. The Labute approximate surface area is 163 Å². The molecule has 6 heteroatoms. The highest BCUT2D eigenvalue weighted by Crippen LogP contribution is 2.28. The zero-order valence-corrected chi connectivity index (χ0v) is 15.7. The average molecular weight is 382 g/mol. The molecule has 0 aliphatic rings. The maximum Gasteiger partial charge on any atom is 0.257 e. The topological polar surface area (TPSA) is 63.2 Å². The molecule has 0 unspecified atom stereocenters. The molecule has 0 atom stereocenters. The van der Waals surface area contributed by atoms with Crippen LogP contribution in [0.3, 0.4) is 0 Å². The molecule has 1 amide bonds. The van der Waals surface area contributed by atoms with E-state index in [0.717, 1.165) is 18.8 Å². The van der Waals surface area contributed by atoms with E-state index in [1.54, 1.807) is 30.3 Å². The van der Waals surface area contributed by atoms with E-state index in [2.05, 4.69) is 27.8 Å². The van der Waals surface area contributed by atoms with E-state index in [1.165, 1.54) is 18.9 Å². The van der Waals surface area contributed by atoms with E-state index in [9.17, 15) is 4.79 Å². The normalized spacial score (nSPS) is 10.3. The Hall–Kier alpha value is -3.05. The lowest BCUT2D eigenvalue weighted by atomic mass is 10.1. The summed E-state index contributed by atoms with van der Waals surface area (Å²) < 4.78 is 5.24. The smallest absolute Gasteiger partial charge is 0.257 e. The molecule has 1 aromatic heterocycles. The molecule has 0 saturated carbocycles. The second-order valence-corrected chi connectivity index (χ2v) is 6.33. The van der Waals surface area contributed by atoms with Crippen LogP contribution in [0.2, 0.25) is 5.02 Å². The number of hydrogen-bond acceptors (Lipinski definition) is 4. The summed E-state index contributed by atoms with van der Waals surface area (Å²) >= 11 is 5.99. The van der Waals surface area contributed by atoms with Gasteiger partial charge in [0, 0.05) is 17.8 Å². The molecule has 27 heavy (non-hydrogen) atoms. The van der Waals surface area contributed by atoms with Crippen LogP contribution in [-0.2, 0) is 6.42 Å². The van der Waals surface area contributed by atoms with Crippen LogP contribution in [0, 0.1) is 0 Å². The molecular formula is C21H20ClN3O2. The van der Waals surface area contributed by atoms with E-state index in [-0.39, 0.29) is 5.91 Å². The van der Waals surface area contributed by atoms with Crippen LogP contribution in [-0.4, -0.2) is 24.5 Å². The van der Waals surface area contributed by atoms with Crippen LogP contribution in [0.15, 0.2) is 66.9 Å². The van der Waals surface area contributed by atoms with Gasteiger partial charge in [-0.15, -0.1) is 0 Å². The monoisotopic (exact) mass is 381 g/mol. The van der Waals surface area contributed by atoms with E-state index < -0.39 is 0 Å². The maximum absolute atomic E-state index is 12.4. The Kier molecular flexibility index (Phi) is 6.28. The van der Waals surface area contributed by atoms with Gasteiger partial charge in [0.05, 0.1) is 18.4 Å². The number of ether oxygens (including phenoxy) is 1. The molecule has 3 aromatic rings. The van der Waals surface area contributed by atoms with E-state index >= 15 is 0 Å². The lowest BCUT2D eigenvalue weighted by molar-refractivity contribution is 0.102. The van der Waals surface area contributed by atoms with Gasteiger partial charge in [-0.2, -0.15) is 0 Å². The Morgan fingerprint density at radius 1 is 1.11 bits per heavy atom. The van der Waals surface area contributed by atoms with Crippen molar-refractivity contribution < 1.29 is 9.53 Å². The summed E-state index contributed by atoms with van der Waals surface area (Å²) in [4.78, 5) is 16.7. The van der Waals surface area contributed by atoms with E-state index in [1.807, 2.05) is 18.2 Å². The minimum absolute atomic E-state index is 0.279. The Balaban J connectivity index is 1.58. The van der Waals surface area contributed by atoms with Gasteiger partial charge in [-0.05, 0) is 42.3 Å². The van der Waals surface area contributed by atoms with Crippen molar-refractivity contribution in [3.8, 4) is 5.75 Å². The Morgan fingerprint density at radius 2 is 1.93 bits per heavy atom. The van der Waals surface area contributed by atoms with Crippen molar-refractivity contribution in [2.75, 3.05) is 24.3 Å². The second kappa shape index (κ2) is 9.05. The highest BCUT2D eigenvalue weighted by Gasteiger charge is 2.11. The standard InChI is InChI=1S/C21H20ClN3O2/c1-27-19-9-8-17(22)13-18(19)25-21(26)16-7-10-20(24-14-16)23-12-11-15-5-3-2-4-6-15/h2-10,13-14H,11-12H2,1H3,(H,23,24)(H,25,26). The van der Waals surface area contributed by atoms with Gasteiger partial charge in [0.15, 0.2) is 0 Å². The molecule has 0 aliphatic heterocycles. The number of anilines is 2. The molecular weight excluding hydrogens is 362 g/mol. The number of nitrogens with zero attached hydrogens (tertiary/aromatic N) is 1. The lowest BCUT2D eigenvalue weighted by Crippen LogP contribution is -2.13. The van der Waals surface area contributed by atoms with Gasteiger partial charge in [-0.3, -0.25) is 4.79 Å². The molecule has 2 N–H and O–H groups in total. The number of nitrogens with one attached hydrogen (secondary N) is 2. The number of amides is 1. The predicted molar refractivity (Wildman–Crippen MR) is 109 cm³/mol. The third-order valence-electron chi connectivity index (χ3n) is 4.00. The highest BCUT2D eigenvalue weighted by atomic mass is 35.5. The lowest BCUT2D eigenvalue weighted by Gasteiger charge is -2.11. The molecule has 0 saturated heterocycles. The van der Waals surface area contributed by atoms with Crippen molar-refractivity contribution in [1.29, 1.82) is 0 Å². The number of rotatable bonds is 7. The van der Waals surface area contributed by atoms with Crippen LogP contribution < -0.4 is 15.4 Å². The van der Waals surface area contributed by atoms with Crippen molar-refractivity contribution in [2.24, 2.45) is 0 Å². The number of pyridine rings is 1. The summed E-state index contributed by atoms with van der Waals surface area (Å²) in [5.41, 5.74) is 2.22. The fraction of sp³-hybridized carbons (Fsp3) is 0.143. The Morgan fingerprint density at radius 3 is 2.63 bits per heavy atom. The summed E-state index contributed by atoms with van der Waals surface area (Å²) in [6, 6.07) is 18.8. The first-order valence-corrected chi connectivity index (χ1v) is 8.92. The number of carbonyl (C=O) groups excluding carboxylic acids is 1. The van der Waals surface area contributed by atoms with Gasteiger partial charge in [-0.1, -0.05) is 41.9 Å². The Bertz CT molecular complexity index is 899. The molecule has 138 valence electrons. The zero-order valence-electron chi connectivity index (χ0n) is 14.9. The fourth-order valence-corrected chi connectivity index (χ4v) is 2.76. The molecule has 0 aliphatic carbocycles. The van der Waals surface area contributed by atoms with Crippen LogP contribution in [0.1, 0.15) is 15.9 Å². The number of benzene rings is 2. The first-order valence-electron chi connectivity index (χ1n) is 8.54. The molecule has 3 rings (SSSR count). The van der Waals surface area contributed by atoms with Gasteiger partial charge < -0.3 is 15.4 Å². The number of aromatic nitrogens is 1. The summed E-state index contributed by atoms with van der Waals surface area (Å²) in [7, 11) is 1.54. The van der Waals surface area contributed by atoms with Crippen molar-refractivity contribution in [3.05, 3.63) is 83.0 Å². The van der Waals surface area contributed by atoms with Crippen molar-refractivity contribution >= 4 is 29.0 Å². The van der Waals surface area contributed by atoms with Crippen LogP contribution in [0.25, 0.3) is 0 Å². The molecule has 2 aromatic carbocycles. The van der Waals surface area contributed by atoms with Crippen molar-refractivity contribution in [1.82, 2.24) is 4.98 Å². The number of methoxy groups -OCH3 is 1.